The van der Waals surface area contributed by atoms with Crippen LogP contribution in [0.1, 0.15) is 18.3 Å². The van der Waals surface area contributed by atoms with Crippen LogP contribution in [0.25, 0.3) is 0 Å². The van der Waals surface area contributed by atoms with Crippen molar-refractivity contribution in [2.75, 3.05) is 17.9 Å². The largest absolute Gasteiger partial charge is 0.380 e. The monoisotopic (exact) mass is 273 g/mol. The Morgan fingerprint density at radius 2 is 1.95 bits per heavy atom. The van der Waals surface area contributed by atoms with Gasteiger partial charge in [0.1, 0.15) is 17.5 Å². The molecular formula is C14H19N5O. The number of nitrogens with two attached hydrogens (primary N) is 1. The van der Waals surface area contributed by atoms with E-state index in [-0.39, 0.29) is 0 Å². The molecule has 0 aliphatic carbocycles. The summed E-state index contributed by atoms with van der Waals surface area (Å²) < 4.78 is 5.19. The van der Waals surface area contributed by atoms with Crippen LogP contribution in [0.3, 0.4) is 0 Å². The standard InChI is InChI=1S/C14H19N5O/c1-3-12-17-13(8-14(18-12)19-15)16-11-7-5-4-6-10(11)9-20-2/h4-8H,3,9,15H2,1-2H3,(H2,16,17,18,19). The molecule has 0 amide bonds. The van der Waals surface area contributed by atoms with Crippen molar-refractivity contribution in [3.8, 4) is 0 Å². The number of hydrogen-bond acceptors (Lipinski definition) is 6. The van der Waals surface area contributed by atoms with Crippen LogP contribution in [0.2, 0.25) is 0 Å². The summed E-state index contributed by atoms with van der Waals surface area (Å²) in [5.74, 6) is 7.44. The van der Waals surface area contributed by atoms with Crippen molar-refractivity contribution < 1.29 is 4.74 Å². The smallest absolute Gasteiger partial charge is 0.145 e. The fourth-order valence-electron chi connectivity index (χ4n) is 1.85. The van der Waals surface area contributed by atoms with E-state index in [9.17, 15) is 0 Å². The molecule has 1 aromatic carbocycles. The van der Waals surface area contributed by atoms with E-state index in [0.717, 1.165) is 23.5 Å². The van der Waals surface area contributed by atoms with Gasteiger partial charge in [-0.1, -0.05) is 25.1 Å². The molecule has 2 aromatic rings. The van der Waals surface area contributed by atoms with E-state index in [1.807, 2.05) is 31.2 Å². The molecule has 0 radical (unpaired) electrons. The number of nitrogen functional groups attached to an aromatic ring is 1. The number of hydrogen-bond donors (Lipinski definition) is 3. The van der Waals surface area contributed by atoms with Crippen LogP contribution in [0, 0.1) is 0 Å². The Bertz CT molecular complexity index is 551. The number of anilines is 3. The van der Waals surface area contributed by atoms with Gasteiger partial charge in [0.15, 0.2) is 0 Å². The first kappa shape index (κ1) is 14.2. The molecule has 0 saturated heterocycles. The lowest BCUT2D eigenvalue weighted by atomic mass is 10.2. The maximum absolute atomic E-state index is 5.43. The molecule has 0 fully saturated rings. The maximum Gasteiger partial charge on any atom is 0.145 e. The van der Waals surface area contributed by atoms with Gasteiger partial charge in [-0.3, -0.25) is 0 Å². The van der Waals surface area contributed by atoms with E-state index < -0.39 is 0 Å². The molecule has 2 rings (SSSR count). The van der Waals surface area contributed by atoms with Gasteiger partial charge in [0.25, 0.3) is 0 Å². The Balaban J connectivity index is 2.29. The summed E-state index contributed by atoms with van der Waals surface area (Å²) in [6.45, 7) is 2.54. The second-order valence-electron chi connectivity index (χ2n) is 4.27. The van der Waals surface area contributed by atoms with Crippen molar-refractivity contribution >= 4 is 17.3 Å². The van der Waals surface area contributed by atoms with Gasteiger partial charge in [-0.05, 0) is 6.07 Å². The number of nitrogens with one attached hydrogen (secondary N) is 2. The summed E-state index contributed by atoms with van der Waals surface area (Å²) in [6.07, 6.45) is 0.740. The molecule has 0 bridgehead atoms. The third-order valence-electron chi connectivity index (χ3n) is 2.82. The molecule has 0 aliphatic heterocycles. The van der Waals surface area contributed by atoms with Crippen LogP contribution in [0.15, 0.2) is 30.3 Å². The Kier molecular flexibility index (Phi) is 4.86. The third-order valence-corrected chi connectivity index (χ3v) is 2.82. The summed E-state index contributed by atoms with van der Waals surface area (Å²) in [4.78, 5) is 8.70. The highest BCUT2D eigenvalue weighted by molar-refractivity contribution is 5.62. The maximum atomic E-state index is 5.43. The summed E-state index contributed by atoms with van der Waals surface area (Å²) in [5.41, 5.74) is 4.57. The second kappa shape index (κ2) is 6.83. The lowest BCUT2D eigenvalue weighted by molar-refractivity contribution is 0.185. The van der Waals surface area contributed by atoms with Crippen molar-refractivity contribution in [3.63, 3.8) is 0 Å². The van der Waals surface area contributed by atoms with Crippen LogP contribution >= 0.6 is 0 Å². The number of nitrogens with zero attached hydrogens (tertiary/aromatic N) is 2. The molecule has 0 aliphatic rings. The van der Waals surface area contributed by atoms with E-state index in [2.05, 4.69) is 20.7 Å². The molecule has 0 spiro atoms. The fourth-order valence-corrected chi connectivity index (χ4v) is 1.85. The Morgan fingerprint density at radius 1 is 1.20 bits per heavy atom. The average molecular weight is 273 g/mol. The van der Waals surface area contributed by atoms with Crippen molar-refractivity contribution in [1.82, 2.24) is 9.97 Å². The minimum Gasteiger partial charge on any atom is -0.380 e. The predicted octanol–water partition coefficient (Wildman–Crippen LogP) is 2.21. The third kappa shape index (κ3) is 3.43. The molecule has 106 valence electrons. The zero-order chi connectivity index (χ0) is 14.4. The fraction of sp³-hybridized carbons (Fsp3) is 0.286. The number of para-hydroxylation sites is 1. The highest BCUT2D eigenvalue weighted by Gasteiger charge is 2.06. The summed E-state index contributed by atoms with van der Waals surface area (Å²) >= 11 is 0. The molecule has 0 atom stereocenters. The number of rotatable bonds is 6. The molecule has 6 nitrogen and oxygen atoms in total. The second-order valence-corrected chi connectivity index (χ2v) is 4.27. The average Bonchev–Trinajstić information content (AvgIpc) is 2.49. The number of aryl methyl sites for hydroxylation is 1. The number of hydrazine groups is 1. The Labute approximate surface area is 118 Å². The molecule has 1 heterocycles. The van der Waals surface area contributed by atoms with Crippen molar-refractivity contribution in [2.24, 2.45) is 5.84 Å². The molecule has 0 unspecified atom stereocenters. The molecular weight excluding hydrogens is 254 g/mol. The topological polar surface area (TPSA) is 85.1 Å². The Hall–Kier alpha value is -2.18. The zero-order valence-electron chi connectivity index (χ0n) is 11.7. The van der Waals surface area contributed by atoms with Crippen LogP contribution in [-0.4, -0.2) is 17.1 Å². The first-order valence-electron chi connectivity index (χ1n) is 6.45. The highest BCUT2D eigenvalue weighted by Crippen LogP contribution is 2.21. The minimum atomic E-state index is 0.539. The Morgan fingerprint density at radius 3 is 2.65 bits per heavy atom. The number of methoxy groups -OCH3 is 1. The summed E-state index contributed by atoms with van der Waals surface area (Å²) in [7, 11) is 1.67. The predicted molar refractivity (Wildman–Crippen MR) is 79.7 cm³/mol. The van der Waals surface area contributed by atoms with Crippen LogP contribution in [0.5, 0.6) is 0 Å². The first-order valence-corrected chi connectivity index (χ1v) is 6.45. The molecule has 20 heavy (non-hydrogen) atoms. The van der Waals surface area contributed by atoms with Crippen LogP contribution in [-0.2, 0) is 17.8 Å². The lowest BCUT2D eigenvalue weighted by Crippen LogP contribution is -2.11. The van der Waals surface area contributed by atoms with Crippen LogP contribution < -0.4 is 16.6 Å². The van der Waals surface area contributed by atoms with Crippen molar-refractivity contribution in [1.29, 1.82) is 0 Å². The lowest BCUT2D eigenvalue weighted by Gasteiger charge is -2.12. The normalized spacial score (nSPS) is 10.3. The highest BCUT2D eigenvalue weighted by atomic mass is 16.5. The minimum absolute atomic E-state index is 0.539. The van der Waals surface area contributed by atoms with E-state index in [1.54, 1.807) is 13.2 Å². The van der Waals surface area contributed by atoms with Gasteiger partial charge in [-0.2, -0.15) is 0 Å². The molecule has 6 heteroatoms. The van der Waals surface area contributed by atoms with Crippen LogP contribution in [0.4, 0.5) is 17.3 Å². The number of benzene rings is 1. The van der Waals surface area contributed by atoms with E-state index in [4.69, 9.17) is 10.6 Å². The molecule has 0 saturated carbocycles. The number of ether oxygens (including phenoxy) is 1. The van der Waals surface area contributed by atoms with Crippen molar-refractivity contribution in [2.45, 2.75) is 20.0 Å². The van der Waals surface area contributed by atoms with Gasteiger partial charge in [0.2, 0.25) is 0 Å². The van der Waals surface area contributed by atoms with Crippen molar-refractivity contribution in [3.05, 3.63) is 41.7 Å². The van der Waals surface area contributed by atoms with Gasteiger partial charge in [-0.25, -0.2) is 15.8 Å². The van der Waals surface area contributed by atoms with Gasteiger partial charge in [0.05, 0.1) is 6.61 Å². The number of aromatic nitrogens is 2. The van der Waals surface area contributed by atoms with Gasteiger partial charge < -0.3 is 15.5 Å². The molecule has 4 N–H and O–H groups in total. The summed E-state index contributed by atoms with van der Waals surface area (Å²) in [6, 6.07) is 9.70. The summed E-state index contributed by atoms with van der Waals surface area (Å²) in [5, 5.41) is 3.28. The van der Waals surface area contributed by atoms with E-state index in [1.165, 1.54) is 0 Å². The quantitative estimate of drug-likeness (QED) is 0.553. The van der Waals surface area contributed by atoms with Gasteiger partial charge in [-0.15, -0.1) is 0 Å². The first-order chi connectivity index (χ1) is 9.76. The van der Waals surface area contributed by atoms with E-state index >= 15 is 0 Å². The molecule has 1 aromatic heterocycles. The zero-order valence-corrected chi connectivity index (χ0v) is 11.7. The van der Waals surface area contributed by atoms with Gasteiger partial charge >= 0.3 is 0 Å². The SMILES string of the molecule is CCc1nc(NN)cc(Nc2ccccc2COC)n1. The van der Waals surface area contributed by atoms with Gasteiger partial charge in [0, 0.05) is 30.8 Å². The van der Waals surface area contributed by atoms with E-state index in [0.29, 0.717) is 18.2 Å².